The summed E-state index contributed by atoms with van der Waals surface area (Å²) >= 11 is 0. The Labute approximate surface area is 97.5 Å². The highest BCUT2D eigenvalue weighted by molar-refractivity contribution is 5.74. The van der Waals surface area contributed by atoms with E-state index in [2.05, 4.69) is 13.8 Å². The van der Waals surface area contributed by atoms with Gasteiger partial charge in [0.1, 0.15) is 0 Å². The number of ether oxygens (including phenoxy) is 1. The molecule has 2 fully saturated rings. The molecule has 0 spiro atoms. The van der Waals surface area contributed by atoms with E-state index in [1.54, 1.807) is 0 Å². The maximum Gasteiger partial charge on any atom is 0.320 e. The largest absolute Gasteiger partial charge is 0.378 e. The van der Waals surface area contributed by atoms with Gasteiger partial charge >= 0.3 is 6.03 Å². The van der Waals surface area contributed by atoms with Crippen LogP contribution in [-0.4, -0.2) is 55.2 Å². The molecule has 0 aromatic rings. The highest BCUT2D eigenvalue weighted by Crippen LogP contribution is 2.22. The summed E-state index contributed by atoms with van der Waals surface area (Å²) in [4.78, 5) is 16.2. The molecule has 2 aliphatic rings. The molecular weight excluding hydrogens is 204 g/mol. The molecule has 0 radical (unpaired) electrons. The van der Waals surface area contributed by atoms with Crippen molar-refractivity contribution in [2.75, 3.05) is 39.4 Å². The molecule has 92 valence electrons. The van der Waals surface area contributed by atoms with Gasteiger partial charge in [0.25, 0.3) is 0 Å². The predicted molar refractivity (Wildman–Crippen MR) is 62.3 cm³/mol. The summed E-state index contributed by atoms with van der Waals surface area (Å²) < 4.78 is 5.27. The first-order valence-corrected chi connectivity index (χ1v) is 6.28. The number of carbonyl (C=O) groups excluding carboxylic acids is 1. The molecule has 2 rings (SSSR count). The molecule has 2 atom stereocenters. The first-order chi connectivity index (χ1) is 7.66. The average molecular weight is 226 g/mol. The number of nitrogens with zero attached hydrogens (tertiary/aromatic N) is 2. The van der Waals surface area contributed by atoms with E-state index in [1.807, 2.05) is 9.80 Å². The molecule has 0 saturated carbocycles. The van der Waals surface area contributed by atoms with Crippen molar-refractivity contribution in [2.45, 2.75) is 20.3 Å². The van der Waals surface area contributed by atoms with Crippen LogP contribution in [0.2, 0.25) is 0 Å². The smallest absolute Gasteiger partial charge is 0.320 e. The molecule has 4 nitrogen and oxygen atoms in total. The van der Waals surface area contributed by atoms with Crippen molar-refractivity contribution in [3.63, 3.8) is 0 Å². The first-order valence-electron chi connectivity index (χ1n) is 6.28. The fraction of sp³-hybridized carbons (Fsp3) is 0.917. The van der Waals surface area contributed by atoms with Crippen LogP contribution in [0.5, 0.6) is 0 Å². The third-order valence-electron chi connectivity index (χ3n) is 3.42. The van der Waals surface area contributed by atoms with Crippen molar-refractivity contribution in [3.8, 4) is 0 Å². The predicted octanol–water partition coefficient (Wildman–Crippen LogP) is 1.42. The minimum Gasteiger partial charge on any atom is -0.378 e. The van der Waals surface area contributed by atoms with Crippen LogP contribution in [0.1, 0.15) is 20.3 Å². The van der Waals surface area contributed by atoms with Gasteiger partial charge in [-0.15, -0.1) is 0 Å². The molecule has 0 N–H and O–H groups in total. The number of hydrogen-bond acceptors (Lipinski definition) is 2. The van der Waals surface area contributed by atoms with Crippen LogP contribution in [-0.2, 0) is 4.74 Å². The highest BCUT2D eigenvalue weighted by atomic mass is 16.5. The Balaban J connectivity index is 1.92. The van der Waals surface area contributed by atoms with E-state index in [1.165, 1.54) is 6.42 Å². The number of urea groups is 1. The van der Waals surface area contributed by atoms with Gasteiger partial charge < -0.3 is 14.5 Å². The minimum absolute atomic E-state index is 0.210. The quantitative estimate of drug-likeness (QED) is 0.626. The molecule has 2 amide bonds. The zero-order valence-corrected chi connectivity index (χ0v) is 10.3. The fourth-order valence-electron chi connectivity index (χ4n) is 2.77. The SMILES string of the molecule is C[C@@H]1C[C@H](C)CN(C(=O)N2CCOCC2)C1. The van der Waals surface area contributed by atoms with Gasteiger partial charge in [-0.25, -0.2) is 4.79 Å². The van der Waals surface area contributed by atoms with Crippen LogP contribution in [0.3, 0.4) is 0 Å². The van der Waals surface area contributed by atoms with Crippen LogP contribution in [0, 0.1) is 11.8 Å². The highest BCUT2D eigenvalue weighted by Gasteiger charge is 2.29. The topological polar surface area (TPSA) is 32.8 Å². The third kappa shape index (κ3) is 2.67. The van der Waals surface area contributed by atoms with Crippen molar-refractivity contribution < 1.29 is 9.53 Å². The average Bonchev–Trinajstić information content (AvgIpc) is 2.28. The van der Waals surface area contributed by atoms with Gasteiger partial charge in [-0.3, -0.25) is 0 Å². The monoisotopic (exact) mass is 226 g/mol. The lowest BCUT2D eigenvalue weighted by molar-refractivity contribution is 0.0366. The van der Waals surface area contributed by atoms with E-state index in [0.717, 1.165) is 26.2 Å². The summed E-state index contributed by atoms with van der Waals surface area (Å²) in [6, 6.07) is 0.210. The number of hydrogen-bond donors (Lipinski definition) is 0. The van der Waals surface area contributed by atoms with E-state index in [4.69, 9.17) is 4.74 Å². The van der Waals surface area contributed by atoms with E-state index in [-0.39, 0.29) is 6.03 Å². The summed E-state index contributed by atoms with van der Waals surface area (Å²) in [5, 5.41) is 0. The molecule has 0 bridgehead atoms. The summed E-state index contributed by atoms with van der Waals surface area (Å²) in [5.41, 5.74) is 0. The van der Waals surface area contributed by atoms with E-state index < -0.39 is 0 Å². The normalized spacial score (nSPS) is 31.6. The number of amides is 2. The summed E-state index contributed by atoms with van der Waals surface area (Å²) in [6.07, 6.45) is 1.24. The molecule has 2 saturated heterocycles. The molecule has 0 unspecified atom stereocenters. The summed E-state index contributed by atoms with van der Waals surface area (Å²) in [5.74, 6) is 1.27. The molecule has 0 aliphatic carbocycles. The molecule has 0 aromatic heterocycles. The van der Waals surface area contributed by atoms with Crippen molar-refractivity contribution in [2.24, 2.45) is 11.8 Å². The van der Waals surface area contributed by atoms with Crippen LogP contribution in [0.25, 0.3) is 0 Å². The Bertz CT molecular complexity index is 241. The van der Waals surface area contributed by atoms with Gasteiger partial charge in [-0.05, 0) is 18.3 Å². The third-order valence-corrected chi connectivity index (χ3v) is 3.42. The minimum atomic E-state index is 0.210. The zero-order valence-electron chi connectivity index (χ0n) is 10.3. The van der Waals surface area contributed by atoms with Crippen LogP contribution >= 0.6 is 0 Å². The Hall–Kier alpha value is -0.770. The van der Waals surface area contributed by atoms with Crippen LogP contribution in [0.15, 0.2) is 0 Å². The van der Waals surface area contributed by atoms with Crippen LogP contribution in [0.4, 0.5) is 4.79 Å². The second-order valence-corrected chi connectivity index (χ2v) is 5.23. The Kier molecular flexibility index (Phi) is 3.69. The Morgan fingerprint density at radius 2 is 1.62 bits per heavy atom. The lowest BCUT2D eigenvalue weighted by atomic mass is 9.92. The summed E-state index contributed by atoms with van der Waals surface area (Å²) in [6.45, 7) is 9.16. The fourth-order valence-corrected chi connectivity index (χ4v) is 2.77. The number of likely N-dealkylation sites (tertiary alicyclic amines) is 1. The second kappa shape index (κ2) is 5.04. The van der Waals surface area contributed by atoms with E-state index in [9.17, 15) is 4.79 Å². The molecule has 0 aromatic carbocycles. The molecule has 4 heteroatoms. The standard InChI is InChI=1S/C12H22N2O2/c1-10-7-11(2)9-14(8-10)12(15)13-3-5-16-6-4-13/h10-11H,3-9H2,1-2H3/t10-,11+. The van der Waals surface area contributed by atoms with Gasteiger partial charge in [0, 0.05) is 26.2 Å². The van der Waals surface area contributed by atoms with Gasteiger partial charge in [-0.2, -0.15) is 0 Å². The number of carbonyl (C=O) groups is 1. The summed E-state index contributed by atoms with van der Waals surface area (Å²) in [7, 11) is 0. The lowest BCUT2D eigenvalue weighted by Crippen LogP contribution is -2.52. The van der Waals surface area contributed by atoms with Crippen molar-refractivity contribution in [1.29, 1.82) is 0 Å². The Morgan fingerprint density at radius 3 is 2.19 bits per heavy atom. The van der Waals surface area contributed by atoms with Gasteiger partial charge in [-0.1, -0.05) is 13.8 Å². The second-order valence-electron chi connectivity index (χ2n) is 5.23. The van der Waals surface area contributed by atoms with Crippen molar-refractivity contribution in [3.05, 3.63) is 0 Å². The lowest BCUT2D eigenvalue weighted by Gasteiger charge is -2.39. The molecule has 2 aliphatic heterocycles. The van der Waals surface area contributed by atoms with Crippen molar-refractivity contribution in [1.82, 2.24) is 9.80 Å². The number of rotatable bonds is 0. The van der Waals surface area contributed by atoms with Gasteiger partial charge in [0.2, 0.25) is 0 Å². The first kappa shape index (κ1) is 11.7. The maximum absolute atomic E-state index is 12.2. The zero-order chi connectivity index (χ0) is 11.5. The molecule has 16 heavy (non-hydrogen) atoms. The van der Waals surface area contributed by atoms with Crippen LogP contribution < -0.4 is 0 Å². The molecular formula is C12H22N2O2. The Morgan fingerprint density at radius 1 is 1.06 bits per heavy atom. The van der Waals surface area contributed by atoms with Gasteiger partial charge in [0.15, 0.2) is 0 Å². The number of morpholine rings is 1. The van der Waals surface area contributed by atoms with E-state index >= 15 is 0 Å². The van der Waals surface area contributed by atoms with E-state index in [0.29, 0.717) is 25.0 Å². The van der Waals surface area contributed by atoms with Gasteiger partial charge in [0.05, 0.1) is 13.2 Å². The number of piperidine rings is 1. The maximum atomic E-state index is 12.2. The molecule has 2 heterocycles. The van der Waals surface area contributed by atoms with Crippen molar-refractivity contribution >= 4 is 6.03 Å².